The molecule has 1 aromatic heterocycles. The number of nitrogens with one attached hydrogen (secondary N) is 2. The smallest absolute Gasteiger partial charge is 0.276 e. The minimum absolute atomic E-state index is 0.187. The van der Waals surface area contributed by atoms with E-state index >= 15 is 0 Å². The highest BCUT2D eigenvalue weighted by molar-refractivity contribution is 7.12. The standard InChI is InChI=1S/C22H22N2O3S/c1-15-12-19(16(2)28-15)22(26)24-23-21(25)14-27-20-11-7-6-10-18(20)13-17-8-4-3-5-9-17/h3-12H,13-14H2,1-2H3,(H,23,25)(H,24,26). The van der Waals surface area contributed by atoms with Crippen LogP contribution < -0.4 is 15.6 Å². The van der Waals surface area contributed by atoms with Gasteiger partial charge in [0.15, 0.2) is 6.61 Å². The lowest BCUT2D eigenvalue weighted by atomic mass is 10.0. The molecule has 2 N–H and O–H groups in total. The summed E-state index contributed by atoms with van der Waals surface area (Å²) in [6.45, 7) is 3.63. The largest absolute Gasteiger partial charge is 0.483 e. The molecule has 0 aliphatic carbocycles. The van der Waals surface area contributed by atoms with Gasteiger partial charge in [-0.3, -0.25) is 20.4 Å². The summed E-state index contributed by atoms with van der Waals surface area (Å²) in [6.07, 6.45) is 0.714. The molecule has 3 rings (SSSR count). The predicted molar refractivity (Wildman–Crippen MR) is 111 cm³/mol. The van der Waals surface area contributed by atoms with Gasteiger partial charge in [0.25, 0.3) is 11.8 Å². The van der Waals surface area contributed by atoms with E-state index in [4.69, 9.17) is 4.74 Å². The Kier molecular flexibility index (Phi) is 6.45. The summed E-state index contributed by atoms with van der Waals surface area (Å²) in [4.78, 5) is 26.2. The summed E-state index contributed by atoms with van der Waals surface area (Å²) in [5.41, 5.74) is 7.56. The first kappa shape index (κ1) is 19.6. The lowest BCUT2D eigenvalue weighted by Gasteiger charge is -2.12. The van der Waals surface area contributed by atoms with Crippen LogP contribution in [0.3, 0.4) is 0 Å². The number of ether oxygens (including phenoxy) is 1. The molecule has 3 aromatic rings. The Morgan fingerprint density at radius 3 is 2.39 bits per heavy atom. The zero-order valence-electron chi connectivity index (χ0n) is 15.8. The van der Waals surface area contributed by atoms with Gasteiger partial charge in [-0.1, -0.05) is 48.5 Å². The van der Waals surface area contributed by atoms with Crippen molar-refractivity contribution < 1.29 is 14.3 Å². The molecule has 0 saturated heterocycles. The van der Waals surface area contributed by atoms with Gasteiger partial charge < -0.3 is 4.74 Å². The molecule has 0 bridgehead atoms. The fourth-order valence-corrected chi connectivity index (χ4v) is 3.76. The maximum Gasteiger partial charge on any atom is 0.276 e. The zero-order chi connectivity index (χ0) is 19.9. The third-order valence-electron chi connectivity index (χ3n) is 4.17. The minimum atomic E-state index is -0.424. The molecule has 0 fully saturated rings. The molecule has 2 amide bonds. The fourth-order valence-electron chi connectivity index (χ4n) is 2.84. The third kappa shape index (κ3) is 5.20. The number of hydrogen-bond acceptors (Lipinski definition) is 4. The van der Waals surface area contributed by atoms with Gasteiger partial charge in [-0.05, 0) is 37.1 Å². The van der Waals surface area contributed by atoms with E-state index in [0.29, 0.717) is 17.7 Å². The van der Waals surface area contributed by atoms with Crippen molar-refractivity contribution in [3.05, 3.63) is 87.1 Å². The average Bonchev–Trinajstić information content (AvgIpc) is 3.04. The highest BCUT2D eigenvalue weighted by atomic mass is 32.1. The van der Waals surface area contributed by atoms with Crippen LogP contribution >= 0.6 is 11.3 Å². The Balaban J connectivity index is 1.53. The molecule has 144 valence electrons. The van der Waals surface area contributed by atoms with E-state index in [1.165, 1.54) is 0 Å². The van der Waals surface area contributed by atoms with Crippen molar-refractivity contribution in [3.63, 3.8) is 0 Å². The van der Waals surface area contributed by atoms with E-state index in [1.807, 2.05) is 68.4 Å². The predicted octanol–water partition coefficient (Wildman–Crippen LogP) is 3.80. The van der Waals surface area contributed by atoms with Crippen LogP contribution in [-0.2, 0) is 11.2 Å². The Bertz CT molecular complexity index is 967. The van der Waals surface area contributed by atoms with Crippen LogP contribution in [0, 0.1) is 13.8 Å². The number of benzene rings is 2. The van der Waals surface area contributed by atoms with Crippen molar-refractivity contribution in [2.45, 2.75) is 20.3 Å². The molecule has 28 heavy (non-hydrogen) atoms. The lowest BCUT2D eigenvalue weighted by Crippen LogP contribution is -2.43. The molecule has 0 spiro atoms. The first-order valence-corrected chi connectivity index (χ1v) is 9.75. The molecular formula is C22H22N2O3S. The molecule has 2 aromatic carbocycles. The molecule has 0 aliphatic rings. The Hall–Kier alpha value is -3.12. The summed E-state index contributed by atoms with van der Waals surface area (Å²) in [5, 5.41) is 0. The molecular weight excluding hydrogens is 372 g/mol. The van der Waals surface area contributed by atoms with Crippen molar-refractivity contribution in [3.8, 4) is 5.75 Å². The van der Waals surface area contributed by atoms with Crippen LogP contribution in [0.2, 0.25) is 0 Å². The second kappa shape index (κ2) is 9.19. The fraction of sp³-hybridized carbons (Fsp3) is 0.182. The van der Waals surface area contributed by atoms with Crippen LogP contribution in [-0.4, -0.2) is 18.4 Å². The number of carbonyl (C=O) groups is 2. The second-order valence-corrected chi connectivity index (χ2v) is 7.85. The topological polar surface area (TPSA) is 67.4 Å². The second-order valence-electron chi connectivity index (χ2n) is 6.39. The first-order valence-electron chi connectivity index (χ1n) is 8.94. The van der Waals surface area contributed by atoms with E-state index in [-0.39, 0.29) is 12.5 Å². The maximum atomic E-state index is 12.2. The van der Waals surface area contributed by atoms with Crippen LogP contribution in [0.25, 0.3) is 0 Å². The van der Waals surface area contributed by atoms with Gasteiger partial charge >= 0.3 is 0 Å². The van der Waals surface area contributed by atoms with Crippen molar-refractivity contribution in [1.29, 1.82) is 0 Å². The summed E-state index contributed by atoms with van der Waals surface area (Å²) in [5.74, 6) is -0.107. The molecule has 6 heteroatoms. The van der Waals surface area contributed by atoms with Crippen molar-refractivity contribution in [2.24, 2.45) is 0 Å². The zero-order valence-corrected chi connectivity index (χ0v) is 16.6. The van der Waals surface area contributed by atoms with Gasteiger partial charge in [-0.2, -0.15) is 0 Å². The van der Waals surface area contributed by atoms with E-state index < -0.39 is 5.91 Å². The number of thiophene rings is 1. The number of amides is 2. The van der Waals surface area contributed by atoms with E-state index in [0.717, 1.165) is 20.9 Å². The summed E-state index contributed by atoms with van der Waals surface area (Å²) < 4.78 is 5.68. The molecule has 0 aliphatic heterocycles. The third-order valence-corrected chi connectivity index (χ3v) is 5.14. The number of rotatable bonds is 6. The van der Waals surface area contributed by atoms with E-state index in [9.17, 15) is 9.59 Å². The van der Waals surface area contributed by atoms with Crippen molar-refractivity contribution in [1.82, 2.24) is 10.9 Å². The highest BCUT2D eigenvalue weighted by Crippen LogP contribution is 2.21. The molecule has 0 atom stereocenters. The normalized spacial score (nSPS) is 10.4. The van der Waals surface area contributed by atoms with Gasteiger partial charge in [0.05, 0.1) is 5.56 Å². The van der Waals surface area contributed by atoms with Crippen molar-refractivity contribution in [2.75, 3.05) is 6.61 Å². The van der Waals surface area contributed by atoms with Crippen LogP contribution in [0.5, 0.6) is 5.75 Å². The molecule has 5 nitrogen and oxygen atoms in total. The minimum Gasteiger partial charge on any atom is -0.483 e. The number of para-hydroxylation sites is 1. The van der Waals surface area contributed by atoms with Crippen molar-refractivity contribution >= 4 is 23.2 Å². The maximum absolute atomic E-state index is 12.2. The SMILES string of the molecule is Cc1cc(C(=O)NNC(=O)COc2ccccc2Cc2ccccc2)c(C)s1. The van der Waals surface area contributed by atoms with E-state index in [2.05, 4.69) is 10.9 Å². The Morgan fingerprint density at radius 1 is 0.964 bits per heavy atom. The van der Waals surface area contributed by atoms with Crippen LogP contribution in [0.1, 0.15) is 31.2 Å². The quantitative estimate of drug-likeness (QED) is 0.625. The molecule has 0 unspecified atom stereocenters. The first-order chi connectivity index (χ1) is 13.5. The van der Waals surface area contributed by atoms with Gasteiger partial charge in [-0.25, -0.2) is 0 Å². The van der Waals surface area contributed by atoms with Crippen LogP contribution in [0.15, 0.2) is 60.7 Å². The Morgan fingerprint density at radius 2 is 1.68 bits per heavy atom. The monoisotopic (exact) mass is 394 g/mol. The van der Waals surface area contributed by atoms with Gasteiger partial charge in [0.2, 0.25) is 0 Å². The van der Waals surface area contributed by atoms with Crippen LogP contribution in [0.4, 0.5) is 0 Å². The summed E-state index contributed by atoms with van der Waals surface area (Å²) in [6, 6.07) is 19.5. The summed E-state index contributed by atoms with van der Waals surface area (Å²) >= 11 is 1.54. The van der Waals surface area contributed by atoms with Gasteiger partial charge in [0, 0.05) is 16.2 Å². The molecule has 0 saturated carbocycles. The molecule has 0 radical (unpaired) electrons. The highest BCUT2D eigenvalue weighted by Gasteiger charge is 2.13. The van der Waals surface area contributed by atoms with Gasteiger partial charge in [-0.15, -0.1) is 11.3 Å². The van der Waals surface area contributed by atoms with E-state index in [1.54, 1.807) is 17.4 Å². The number of hydrazine groups is 1. The lowest BCUT2D eigenvalue weighted by molar-refractivity contribution is -0.123. The number of hydrogen-bond donors (Lipinski definition) is 2. The summed E-state index contributed by atoms with van der Waals surface area (Å²) in [7, 11) is 0. The average molecular weight is 394 g/mol. The van der Waals surface area contributed by atoms with Gasteiger partial charge in [0.1, 0.15) is 5.75 Å². The number of carbonyl (C=O) groups excluding carboxylic acids is 2. The number of aryl methyl sites for hydroxylation is 2. The Labute approximate surface area is 168 Å². The molecule has 1 heterocycles.